The smallest absolute Gasteiger partial charge is 0.306 e. The summed E-state index contributed by atoms with van der Waals surface area (Å²) in [4.78, 5) is 37.5. The standard InChI is InChI=1S/C44H76O6/c1-4-7-10-13-16-19-22-25-28-31-34-37-43(46)49-40-41(39-48-42(45)36-33-30-27-24-21-18-15-12-9-6-3)50-44(47)38-35-32-29-26-23-20-17-14-11-8-5-2/h13-14,16-17,19-20,22-23,41H,4-12,15,18,21,24-40H2,1-3H3/b16-13-,17-14-,22-19-,23-20-. The Balaban J connectivity index is 4.47. The first-order valence-corrected chi connectivity index (χ1v) is 20.7. The normalized spacial score (nSPS) is 12.5. The fraction of sp³-hybridized carbons (Fsp3) is 0.750. The Bertz CT molecular complexity index is 902. The maximum absolute atomic E-state index is 12.6. The molecule has 0 N–H and O–H groups in total. The molecule has 0 saturated heterocycles. The Morgan fingerprint density at radius 1 is 0.400 bits per heavy atom. The van der Waals surface area contributed by atoms with Gasteiger partial charge >= 0.3 is 17.9 Å². The van der Waals surface area contributed by atoms with Crippen LogP contribution in [0.3, 0.4) is 0 Å². The second kappa shape index (κ2) is 39.2. The van der Waals surface area contributed by atoms with Crippen molar-refractivity contribution in [3.8, 4) is 0 Å². The van der Waals surface area contributed by atoms with Crippen LogP contribution in [0.4, 0.5) is 0 Å². The average Bonchev–Trinajstić information content (AvgIpc) is 3.11. The highest BCUT2D eigenvalue weighted by Crippen LogP contribution is 2.13. The Morgan fingerprint density at radius 3 is 1.12 bits per heavy atom. The molecular weight excluding hydrogens is 624 g/mol. The van der Waals surface area contributed by atoms with Gasteiger partial charge in [0.15, 0.2) is 6.10 Å². The third-order valence-corrected chi connectivity index (χ3v) is 8.61. The minimum absolute atomic E-state index is 0.0919. The van der Waals surface area contributed by atoms with Crippen molar-refractivity contribution in [3.05, 3.63) is 48.6 Å². The molecule has 0 aromatic rings. The summed E-state index contributed by atoms with van der Waals surface area (Å²) >= 11 is 0. The zero-order valence-electron chi connectivity index (χ0n) is 32.7. The molecule has 0 rings (SSSR count). The molecule has 0 bridgehead atoms. The highest BCUT2D eigenvalue weighted by Gasteiger charge is 2.19. The predicted octanol–water partition coefficient (Wildman–Crippen LogP) is 12.8. The molecule has 0 heterocycles. The fourth-order valence-corrected chi connectivity index (χ4v) is 5.39. The van der Waals surface area contributed by atoms with Crippen LogP contribution in [0.15, 0.2) is 48.6 Å². The molecule has 0 aromatic heterocycles. The molecular formula is C44H76O6. The third-order valence-electron chi connectivity index (χ3n) is 8.61. The molecule has 0 saturated carbocycles. The molecule has 1 atom stereocenters. The quantitative estimate of drug-likeness (QED) is 0.0280. The molecule has 1 unspecified atom stereocenters. The van der Waals surface area contributed by atoms with Crippen molar-refractivity contribution in [2.24, 2.45) is 0 Å². The Labute approximate surface area is 307 Å². The molecule has 0 aromatic carbocycles. The van der Waals surface area contributed by atoms with E-state index in [4.69, 9.17) is 14.2 Å². The topological polar surface area (TPSA) is 78.9 Å². The lowest BCUT2D eigenvalue weighted by atomic mass is 10.1. The number of allylic oxidation sites excluding steroid dienone is 8. The Hall–Kier alpha value is -2.63. The van der Waals surface area contributed by atoms with Crippen LogP contribution < -0.4 is 0 Å². The van der Waals surface area contributed by atoms with Crippen LogP contribution in [-0.4, -0.2) is 37.2 Å². The van der Waals surface area contributed by atoms with E-state index in [9.17, 15) is 14.4 Å². The number of rotatable bonds is 36. The van der Waals surface area contributed by atoms with Gasteiger partial charge in [-0.2, -0.15) is 0 Å². The van der Waals surface area contributed by atoms with E-state index in [1.54, 1.807) is 0 Å². The predicted molar refractivity (Wildman–Crippen MR) is 210 cm³/mol. The first-order chi connectivity index (χ1) is 24.5. The highest BCUT2D eigenvalue weighted by molar-refractivity contribution is 5.71. The van der Waals surface area contributed by atoms with Crippen molar-refractivity contribution in [2.45, 2.75) is 200 Å². The van der Waals surface area contributed by atoms with Crippen molar-refractivity contribution in [1.82, 2.24) is 0 Å². The van der Waals surface area contributed by atoms with Gasteiger partial charge in [0.05, 0.1) is 0 Å². The maximum Gasteiger partial charge on any atom is 0.306 e. The van der Waals surface area contributed by atoms with E-state index in [0.717, 1.165) is 83.5 Å². The summed E-state index contributed by atoms with van der Waals surface area (Å²) in [6.07, 6.45) is 43.8. The minimum atomic E-state index is -0.791. The SMILES string of the molecule is CCCC/C=C\C=C/CCCCCC(=O)OCC(COC(=O)CCCCCCCCCCCC)OC(=O)CCCCC/C=C\C=C/CCCC. The van der Waals surface area contributed by atoms with E-state index >= 15 is 0 Å². The second-order valence-corrected chi connectivity index (χ2v) is 13.6. The lowest BCUT2D eigenvalue weighted by Gasteiger charge is -2.18. The summed E-state index contributed by atoms with van der Waals surface area (Å²) in [5, 5.41) is 0. The summed E-state index contributed by atoms with van der Waals surface area (Å²) in [6.45, 7) is 6.44. The maximum atomic E-state index is 12.6. The van der Waals surface area contributed by atoms with Gasteiger partial charge in [-0.25, -0.2) is 0 Å². The van der Waals surface area contributed by atoms with E-state index in [1.165, 1.54) is 70.6 Å². The van der Waals surface area contributed by atoms with Crippen LogP contribution in [-0.2, 0) is 28.6 Å². The van der Waals surface area contributed by atoms with E-state index in [2.05, 4.69) is 69.4 Å². The number of hydrogen-bond donors (Lipinski definition) is 0. The average molecular weight is 701 g/mol. The van der Waals surface area contributed by atoms with Crippen molar-refractivity contribution >= 4 is 17.9 Å². The van der Waals surface area contributed by atoms with Crippen molar-refractivity contribution in [2.75, 3.05) is 13.2 Å². The third kappa shape index (κ3) is 36.6. The molecule has 0 aliphatic heterocycles. The number of ether oxygens (including phenoxy) is 3. The summed E-state index contributed by atoms with van der Waals surface area (Å²) < 4.78 is 16.6. The number of unbranched alkanes of at least 4 members (excludes halogenated alkanes) is 19. The summed E-state index contributed by atoms with van der Waals surface area (Å²) in [5.74, 6) is -0.958. The Morgan fingerprint density at radius 2 is 0.720 bits per heavy atom. The van der Waals surface area contributed by atoms with E-state index in [-0.39, 0.29) is 31.1 Å². The van der Waals surface area contributed by atoms with Gasteiger partial charge in [0, 0.05) is 19.3 Å². The molecule has 0 amide bonds. The fourth-order valence-electron chi connectivity index (χ4n) is 5.39. The van der Waals surface area contributed by atoms with Gasteiger partial charge in [-0.1, -0.05) is 166 Å². The molecule has 0 spiro atoms. The first-order valence-electron chi connectivity index (χ1n) is 20.7. The van der Waals surface area contributed by atoms with Crippen molar-refractivity contribution < 1.29 is 28.6 Å². The van der Waals surface area contributed by atoms with Crippen molar-refractivity contribution in [3.63, 3.8) is 0 Å². The largest absolute Gasteiger partial charge is 0.462 e. The van der Waals surface area contributed by atoms with Crippen LogP contribution in [0.2, 0.25) is 0 Å². The van der Waals surface area contributed by atoms with Gasteiger partial charge in [0.2, 0.25) is 0 Å². The zero-order chi connectivity index (χ0) is 36.6. The highest BCUT2D eigenvalue weighted by atomic mass is 16.6. The minimum Gasteiger partial charge on any atom is -0.462 e. The lowest BCUT2D eigenvalue weighted by Crippen LogP contribution is -2.30. The Kier molecular flexibility index (Phi) is 37.1. The number of esters is 3. The van der Waals surface area contributed by atoms with Gasteiger partial charge < -0.3 is 14.2 Å². The monoisotopic (exact) mass is 701 g/mol. The van der Waals surface area contributed by atoms with Crippen LogP contribution in [0.1, 0.15) is 194 Å². The van der Waals surface area contributed by atoms with Gasteiger partial charge in [0.1, 0.15) is 13.2 Å². The summed E-state index contributed by atoms with van der Waals surface area (Å²) in [6, 6.07) is 0. The summed E-state index contributed by atoms with van der Waals surface area (Å²) in [5.41, 5.74) is 0. The lowest BCUT2D eigenvalue weighted by molar-refractivity contribution is -0.167. The van der Waals surface area contributed by atoms with Gasteiger partial charge in [-0.05, 0) is 57.8 Å². The van der Waals surface area contributed by atoms with Crippen LogP contribution >= 0.6 is 0 Å². The molecule has 288 valence electrons. The van der Waals surface area contributed by atoms with E-state index in [1.807, 2.05) is 0 Å². The zero-order valence-corrected chi connectivity index (χ0v) is 32.7. The number of hydrogen-bond acceptors (Lipinski definition) is 6. The van der Waals surface area contributed by atoms with Crippen LogP contribution in [0.5, 0.6) is 0 Å². The second-order valence-electron chi connectivity index (χ2n) is 13.6. The van der Waals surface area contributed by atoms with Crippen LogP contribution in [0.25, 0.3) is 0 Å². The van der Waals surface area contributed by atoms with E-state index < -0.39 is 6.10 Å². The van der Waals surface area contributed by atoms with E-state index in [0.29, 0.717) is 19.3 Å². The number of carbonyl (C=O) groups is 3. The first kappa shape index (κ1) is 47.4. The molecule has 0 radical (unpaired) electrons. The van der Waals surface area contributed by atoms with Gasteiger partial charge in [-0.3, -0.25) is 14.4 Å². The van der Waals surface area contributed by atoms with Gasteiger partial charge in [0.25, 0.3) is 0 Å². The molecule has 6 nitrogen and oxygen atoms in total. The molecule has 0 fully saturated rings. The molecule has 50 heavy (non-hydrogen) atoms. The van der Waals surface area contributed by atoms with Crippen molar-refractivity contribution in [1.29, 1.82) is 0 Å². The summed E-state index contributed by atoms with van der Waals surface area (Å²) in [7, 11) is 0. The number of carbonyl (C=O) groups excluding carboxylic acids is 3. The molecule has 0 aliphatic carbocycles. The molecule has 6 heteroatoms. The molecule has 0 aliphatic rings. The van der Waals surface area contributed by atoms with Crippen LogP contribution in [0, 0.1) is 0 Å². The van der Waals surface area contributed by atoms with Gasteiger partial charge in [-0.15, -0.1) is 0 Å².